The minimum Gasteiger partial charge on any atom is -0.458 e. The Balaban J connectivity index is 1.36. The van der Waals surface area contributed by atoms with E-state index in [0.29, 0.717) is 17.4 Å². The molecule has 4 aliphatic rings. The second kappa shape index (κ2) is 6.97. The van der Waals surface area contributed by atoms with Gasteiger partial charge in [0.1, 0.15) is 6.10 Å². The van der Waals surface area contributed by atoms with Crippen LogP contribution in [0.25, 0.3) is 0 Å². The van der Waals surface area contributed by atoms with Crippen LogP contribution in [0.1, 0.15) is 75.6 Å². The van der Waals surface area contributed by atoms with Gasteiger partial charge in [0.25, 0.3) is 0 Å². The summed E-state index contributed by atoms with van der Waals surface area (Å²) in [7, 11) is 0. The molecule has 1 aromatic carbocycles. The Morgan fingerprint density at radius 2 is 1.83 bits per heavy atom. The Kier molecular flexibility index (Phi) is 4.66. The zero-order chi connectivity index (χ0) is 20.2. The van der Waals surface area contributed by atoms with Gasteiger partial charge in [-0.1, -0.05) is 43.7 Å². The molecule has 156 valence electrons. The first-order valence-corrected chi connectivity index (χ1v) is 11.6. The lowest BCUT2D eigenvalue weighted by Gasteiger charge is -2.57. The number of allylic oxidation sites excluding steroid dienone is 1. The van der Waals surface area contributed by atoms with Gasteiger partial charge in [-0.15, -0.1) is 0 Å². The first-order chi connectivity index (χ1) is 13.9. The maximum atomic E-state index is 12.7. The molecule has 3 saturated carbocycles. The summed E-state index contributed by atoms with van der Waals surface area (Å²) in [5.74, 6) is 1.88. The van der Waals surface area contributed by atoms with Crippen LogP contribution >= 0.6 is 0 Å². The van der Waals surface area contributed by atoms with Crippen LogP contribution in [0.3, 0.4) is 0 Å². The number of rotatable bonds is 2. The molecule has 0 amide bonds. The third-order valence-electron chi connectivity index (χ3n) is 9.25. The second-order valence-corrected chi connectivity index (χ2v) is 10.5. The fourth-order valence-electron chi connectivity index (χ4n) is 7.56. The maximum absolute atomic E-state index is 12.7. The summed E-state index contributed by atoms with van der Waals surface area (Å²) >= 11 is 0. The van der Waals surface area contributed by atoms with Gasteiger partial charge >= 0.3 is 5.97 Å². The predicted octanol–water partition coefficient (Wildman–Crippen LogP) is 5.54. The quantitative estimate of drug-likeness (QED) is 0.529. The van der Waals surface area contributed by atoms with Crippen molar-refractivity contribution in [3.8, 4) is 0 Å². The van der Waals surface area contributed by atoms with Crippen LogP contribution in [0.15, 0.2) is 42.0 Å². The summed E-state index contributed by atoms with van der Waals surface area (Å²) in [5, 5.41) is 10.2. The third-order valence-corrected chi connectivity index (χ3v) is 9.25. The van der Waals surface area contributed by atoms with Gasteiger partial charge < -0.3 is 9.84 Å². The molecular formula is C26H34O3. The van der Waals surface area contributed by atoms with E-state index >= 15 is 0 Å². The molecule has 0 unspecified atom stereocenters. The number of fused-ring (bicyclic) bond motifs is 5. The van der Waals surface area contributed by atoms with E-state index in [2.05, 4.69) is 19.9 Å². The summed E-state index contributed by atoms with van der Waals surface area (Å²) in [5.41, 5.74) is 2.54. The first kappa shape index (κ1) is 19.4. The third kappa shape index (κ3) is 3.00. The summed E-state index contributed by atoms with van der Waals surface area (Å²) in [6.45, 7) is 4.85. The Morgan fingerprint density at radius 1 is 1.03 bits per heavy atom. The number of benzene rings is 1. The van der Waals surface area contributed by atoms with Crippen molar-refractivity contribution < 1.29 is 14.6 Å². The number of aliphatic hydroxyl groups is 1. The Bertz CT molecular complexity index is 815. The molecular weight excluding hydrogens is 360 g/mol. The number of carbonyl (C=O) groups excluding carboxylic acids is 1. The molecule has 0 aromatic heterocycles. The van der Waals surface area contributed by atoms with Crippen LogP contribution in [-0.4, -0.2) is 23.3 Å². The molecule has 0 heterocycles. The van der Waals surface area contributed by atoms with Crippen LogP contribution in [-0.2, 0) is 4.74 Å². The van der Waals surface area contributed by atoms with E-state index in [1.54, 1.807) is 0 Å². The standard InChI is InChI=1S/C26H34O3/c1-25-14-12-19(27)16-18(25)8-9-20-21-10-11-23(26(21,2)15-13-22(20)25)29-24(28)17-6-4-3-5-7-17/h3-8,19-23,27H,9-16H2,1-2H3/t19-,20-,21-,22-,23+,25+,26+/m1/s1. The van der Waals surface area contributed by atoms with Crippen LogP contribution in [0.4, 0.5) is 0 Å². The molecule has 0 saturated heterocycles. The molecule has 7 atom stereocenters. The van der Waals surface area contributed by atoms with Gasteiger partial charge in [-0.05, 0) is 86.7 Å². The second-order valence-electron chi connectivity index (χ2n) is 10.5. The largest absolute Gasteiger partial charge is 0.458 e. The van der Waals surface area contributed by atoms with Crippen LogP contribution in [0.5, 0.6) is 0 Å². The highest BCUT2D eigenvalue weighted by Crippen LogP contribution is 2.65. The van der Waals surface area contributed by atoms with Crippen molar-refractivity contribution >= 4 is 5.97 Å². The summed E-state index contributed by atoms with van der Waals surface area (Å²) in [4.78, 5) is 12.7. The van der Waals surface area contributed by atoms with Crippen molar-refractivity contribution in [2.75, 3.05) is 0 Å². The van der Waals surface area contributed by atoms with Gasteiger partial charge in [-0.25, -0.2) is 4.79 Å². The van der Waals surface area contributed by atoms with Gasteiger partial charge in [-0.2, -0.15) is 0 Å². The normalized spacial score (nSPS) is 43.6. The van der Waals surface area contributed by atoms with Gasteiger partial charge in [0.05, 0.1) is 11.7 Å². The van der Waals surface area contributed by atoms with Crippen LogP contribution < -0.4 is 0 Å². The fourth-order valence-corrected chi connectivity index (χ4v) is 7.56. The highest BCUT2D eigenvalue weighted by Gasteiger charge is 2.59. The van der Waals surface area contributed by atoms with E-state index in [4.69, 9.17) is 4.74 Å². The van der Waals surface area contributed by atoms with E-state index < -0.39 is 0 Å². The molecule has 1 aromatic rings. The van der Waals surface area contributed by atoms with E-state index in [0.717, 1.165) is 44.4 Å². The van der Waals surface area contributed by atoms with Crippen LogP contribution in [0.2, 0.25) is 0 Å². The Morgan fingerprint density at radius 3 is 2.62 bits per heavy atom. The summed E-state index contributed by atoms with van der Waals surface area (Å²) in [6, 6.07) is 9.42. The minimum atomic E-state index is -0.168. The summed E-state index contributed by atoms with van der Waals surface area (Å²) < 4.78 is 6.11. The van der Waals surface area contributed by atoms with Gasteiger partial charge in [0.15, 0.2) is 0 Å². The molecule has 4 aliphatic carbocycles. The molecule has 29 heavy (non-hydrogen) atoms. The maximum Gasteiger partial charge on any atom is 0.338 e. The average molecular weight is 395 g/mol. The van der Waals surface area contributed by atoms with Crippen molar-refractivity contribution in [1.29, 1.82) is 0 Å². The highest BCUT2D eigenvalue weighted by molar-refractivity contribution is 5.89. The zero-order valence-electron chi connectivity index (χ0n) is 17.8. The van der Waals surface area contributed by atoms with Crippen molar-refractivity contribution in [3.63, 3.8) is 0 Å². The molecule has 3 nitrogen and oxygen atoms in total. The van der Waals surface area contributed by atoms with Crippen molar-refractivity contribution in [2.24, 2.45) is 28.6 Å². The number of aliphatic hydroxyl groups excluding tert-OH is 1. The minimum absolute atomic E-state index is 0.0347. The number of carbonyl (C=O) groups is 1. The molecule has 0 radical (unpaired) electrons. The lowest BCUT2D eigenvalue weighted by Crippen LogP contribution is -2.51. The van der Waals surface area contributed by atoms with E-state index in [1.807, 2.05) is 30.3 Å². The SMILES string of the molecule is C[C@]12CC[C@@H]3[C@H](CC=C4C[C@H](O)CC[C@@]43C)[C@H]1CC[C@@H]2OC(=O)c1ccccc1. The zero-order valence-corrected chi connectivity index (χ0v) is 17.8. The summed E-state index contributed by atoms with van der Waals surface area (Å²) in [6.07, 6.45) is 11.0. The molecule has 0 bridgehead atoms. The number of hydrogen-bond acceptors (Lipinski definition) is 3. The molecule has 0 aliphatic heterocycles. The number of esters is 1. The number of ether oxygens (including phenoxy) is 1. The Labute approximate surface area is 174 Å². The average Bonchev–Trinajstić information content (AvgIpc) is 3.05. The molecule has 3 fully saturated rings. The van der Waals surface area contributed by atoms with Gasteiger partial charge in [0.2, 0.25) is 0 Å². The monoisotopic (exact) mass is 394 g/mol. The topological polar surface area (TPSA) is 46.5 Å². The highest BCUT2D eigenvalue weighted by atomic mass is 16.5. The van der Waals surface area contributed by atoms with Gasteiger partial charge in [-0.3, -0.25) is 0 Å². The Hall–Kier alpha value is -1.61. The van der Waals surface area contributed by atoms with E-state index in [1.165, 1.54) is 18.4 Å². The van der Waals surface area contributed by atoms with Crippen molar-refractivity contribution in [2.45, 2.75) is 77.4 Å². The number of hydrogen-bond donors (Lipinski definition) is 1. The van der Waals surface area contributed by atoms with Crippen molar-refractivity contribution in [3.05, 3.63) is 47.5 Å². The lowest BCUT2D eigenvalue weighted by molar-refractivity contribution is -0.0778. The van der Waals surface area contributed by atoms with Gasteiger partial charge in [0, 0.05) is 5.41 Å². The molecule has 0 spiro atoms. The van der Waals surface area contributed by atoms with E-state index in [-0.39, 0.29) is 29.0 Å². The molecule has 5 rings (SSSR count). The molecule has 3 heteroatoms. The fraction of sp³-hybridized carbons (Fsp3) is 0.654. The molecule has 1 N–H and O–H groups in total. The smallest absolute Gasteiger partial charge is 0.338 e. The van der Waals surface area contributed by atoms with E-state index in [9.17, 15) is 9.90 Å². The van der Waals surface area contributed by atoms with Crippen LogP contribution in [0, 0.1) is 28.6 Å². The predicted molar refractivity (Wildman–Crippen MR) is 113 cm³/mol. The lowest BCUT2D eigenvalue weighted by atomic mass is 9.48. The first-order valence-electron chi connectivity index (χ1n) is 11.6. The van der Waals surface area contributed by atoms with Crippen molar-refractivity contribution in [1.82, 2.24) is 0 Å².